The monoisotopic (exact) mass is 411 g/mol. The molecule has 2 N–H and O–H groups in total. The molecule has 0 unspecified atom stereocenters. The molecule has 29 heavy (non-hydrogen) atoms. The molecule has 7 nitrogen and oxygen atoms in total. The number of hydrogen-bond acceptors (Lipinski definition) is 5. The van der Waals surface area contributed by atoms with Crippen LogP contribution in [0.5, 0.6) is 11.5 Å². The normalized spacial score (nSPS) is 10.1. The maximum Gasteiger partial charge on any atom is 0.411 e. The summed E-state index contributed by atoms with van der Waals surface area (Å²) in [5, 5.41) is 5.68. The van der Waals surface area contributed by atoms with Gasteiger partial charge in [-0.05, 0) is 36.4 Å². The fourth-order valence-electron chi connectivity index (χ4n) is 2.38. The van der Waals surface area contributed by atoms with Crippen LogP contribution in [0.4, 0.5) is 10.5 Å². The van der Waals surface area contributed by atoms with E-state index in [-0.39, 0.29) is 18.2 Å². The molecule has 3 aromatic rings. The first-order chi connectivity index (χ1) is 14.0. The molecular weight excluding hydrogens is 394 g/mol. The number of halogens is 1. The second-order valence-corrected chi connectivity index (χ2v) is 6.28. The summed E-state index contributed by atoms with van der Waals surface area (Å²) in [7, 11) is 1.53. The zero-order chi connectivity index (χ0) is 20.6. The predicted molar refractivity (Wildman–Crippen MR) is 109 cm³/mol. The molecule has 0 aliphatic carbocycles. The number of anilines is 1. The van der Waals surface area contributed by atoms with Crippen molar-refractivity contribution in [3.63, 3.8) is 0 Å². The molecular formula is C21H18ClN3O4. The van der Waals surface area contributed by atoms with Gasteiger partial charge in [0.1, 0.15) is 23.8 Å². The minimum atomic E-state index is -0.594. The molecule has 0 fully saturated rings. The smallest absolute Gasteiger partial charge is 0.411 e. The first-order valence-corrected chi connectivity index (χ1v) is 9.06. The van der Waals surface area contributed by atoms with Crippen molar-refractivity contribution >= 4 is 29.3 Å². The molecule has 0 spiro atoms. The summed E-state index contributed by atoms with van der Waals surface area (Å²) in [6.07, 6.45) is 0.896. The maximum atomic E-state index is 12.0. The lowest BCUT2D eigenvalue weighted by molar-refractivity contribution is 0.0957. The molecule has 0 atom stereocenters. The fourth-order valence-corrected chi connectivity index (χ4v) is 2.57. The van der Waals surface area contributed by atoms with Crippen LogP contribution in [0.15, 0.2) is 66.9 Å². The maximum absolute atomic E-state index is 12.0. The Morgan fingerprint density at radius 2 is 1.79 bits per heavy atom. The molecule has 1 heterocycles. The van der Waals surface area contributed by atoms with Crippen LogP contribution in [-0.2, 0) is 11.3 Å². The Labute approximate surface area is 172 Å². The van der Waals surface area contributed by atoms with Gasteiger partial charge >= 0.3 is 6.09 Å². The van der Waals surface area contributed by atoms with E-state index in [0.29, 0.717) is 22.2 Å². The number of aromatic nitrogens is 1. The van der Waals surface area contributed by atoms with Crippen LogP contribution in [0, 0.1) is 0 Å². The molecule has 0 saturated heterocycles. The molecule has 0 radical (unpaired) electrons. The number of rotatable bonds is 6. The molecule has 3 rings (SSSR count). The van der Waals surface area contributed by atoms with Crippen molar-refractivity contribution in [1.29, 1.82) is 0 Å². The summed E-state index contributed by atoms with van der Waals surface area (Å²) in [5.41, 5.74) is 1.52. The van der Waals surface area contributed by atoms with Crippen molar-refractivity contribution in [3.8, 4) is 11.5 Å². The van der Waals surface area contributed by atoms with Crippen LogP contribution in [0.25, 0.3) is 0 Å². The Hall–Kier alpha value is -3.58. The highest BCUT2D eigenvalue weighted by Crippen LogP contribution is 2.23. The third kappa shape index (κ3) is 5.70. The van der Waals surface area contributed by atoms with Gasteiger partial charge in [-0.15, -0.1) is 0 Å². The van der Waals surface area contributed by atoms with Crippen molar-refractivity contribution in [2.45, 2.75) is 6.61 Å². The first-order valence-electron chi connectivity index (χ1n) is 8.68. The van der Waals surface area contributed by atoms with Gasteiger partial charge < -0.3 is 14.8 Å². The van der Waals surface area contributed by atoms with E-state index in [1.807, 2.05) is 6.07 Å². The summed E-state index contributed by atoms with van der Waals surface area (Å²) >= 11 is 6.04. The number of carbonyl (C=O) groups excluding carboxylic acids is 2. The van der Waals surface area contributed by atoms with Crippen molar-refractivity contribution < 1.29 is 19.1 Å². The topological polar surface area (TPSA) is 89.6 Å². The molecule has 0 bridgehead atoms. The quantitative estimate of drug-likeness (QED) is 0.617. The third-order valence-electron chi connectivity index (χ3n) is 3.84. The number of ether oxygens (including phenoxy) is 2. The summed E-state index contributed by atoms with van der Waals surface area (Å²) in [6.45, 7) is 0.0718. The molecule has 2 aromatic carbocycles. The lowest BCUT2D eigenvalue weighted by Gasteiger charge is -2.10. The van der Waals surface area contributed by atoms with Gasteiger partial charge in [-0.1, -0.05) is 29.8 Å². The van der Waals surface area contributed by atoms with Gasteiger partial charge in [0.15, 0.2) is 0 Å². The Morgan fingerprint density at radius 1 is 1.03 bits per heavy atom. The highest BCUT2D eigenvalue weighted by Gasteiger charge is 2.08. The van der Waals surface area contributed by atoms with Gasteiger partial charge in [-0.3, -0.25) is 15.1 Å². The molecule has 1 aromatic heterocycles. The van der Waals surface area contributed by atoms with Gasteiger partial charge in [-0.25, -0.2) is 4.79 Å². The SMILES string of the molecule is CNC(=O)c1cc(Oc2ccc(NC(=O)OCc3ccccc3Cl)cc2)ccn1. The van der Waals surface area contributed by atoms with E-state index >= 15 is 0 Å². The minimum absolute atomic E-state index is 0.0718. The zero-order valence-corrected chi connectivity index (χ0v) is 16.3. The van der Waals surface area contributed by atoms with E-state index in [9.17, 15) is 9.59 Å². The second kappa shape index (κ2) is 9.57. The Balaban J connectivity index is 1.55. The average molecular weight is 412 g/mol. The molecule has 0 saturated carbocycles. The summed E-state index contributed by atoms with van der Waals surface area (Å²) < 4.78 is 10.9. The van der Waals surface area contributed by atoms with Crippen LogP contribution in [0.2, 0.25) is 5.02 Å². The number of hydrogen-bond donors (Lipinski definition) is 2. The van der Waals surface area contributed by atoms with Crippen molar-refractivity contribution in [3.05, 3.63) is 83.1 Å². The van der Waals surface area contributed by atoms with Gasteiger partial charge in [0.25, 0.3) is 5.91 Å². The highest BCUT2D eigenvalue weighted by molar-refractivity contribution is 6.31. The summed E-state index contributed by atoms with van der Waals surface area (Å²) in [4.78, 5) is 27.6. The van der Waals surface area contributed by atoms with Crippen LogP contribution in [-0.4, -0.2) is 24.0 Å². The average Bonchev–Trinajstić information content (AvgIpc) is 2.74. The van der Waals surface area contributed by atoms with E-state index in [4.69, 9.17) is 21.1 Å². The largest absolute Gasteiger partial charge is 0.457 e. The lowest BCUT2D eigenvalue weighted by Crippen LogP contribution is -2.18. The number of carbonyl (C=O) groups is 2. The van der Waals surface area contributed by atoms with Gasteiger partial charge in [0.05, 0.1) is 0 Å². The molecule has 2 amide bonds. The van der Waals surface area contributed by atoms with Crippen LogP contribution in [0.1, 0.15) is 16.1 Å². The van der Waals surface area contributed by atoms with Crippen molar-refractivity contribution in [2.75, 3.05) is 12.4 Å². The van der Waals surface area contributed by atoms with Crippen molar-refractivity contribution in [2.24, 2.45) is 0 Å². The van der Waals surface area contributed by atoms with Gasteiger partial charge in [0, 0.05) is 35.6 Å². The zero-order valence-electron chi connectivity index (χ0n) is 15.5. The fraction of sp³-hybridized carbons (Fsp3) is 0.0952. The van der Waals surface area contributed by atoms with E-state index in [0.717, 1.165) is 5.56 Å². The van der Waals surface area contributed by atoms with E-state index in [1.165, 1.54) is 19.3 Å². The standard InChI is InChI=1S/C21H18ClN3O4/c1-23-20(26)19-12-17(10-11-24-19)29-16-8-6-15(7-9-16)25-21(27)28-13-14-4-2-3-5-18(14)22/h2-12H,13H2,1H3,(H,23,26)(H,25,27). The molecule has 0 aliphatic rings. The summed E-state index contributed by atoms with van der Waals surface area (Å²) in [5.74, 6) is 0.706. The van der Waals surface area contributed by atoms with Crippen LogP contribution in [0.3, 0.4) is 0 Å². The van der Waals surface area contributed by atoms with Crippen molar-refractivity contribution in [1.82, 2.24) is 10.3 Å². The molecule has 148 valence electrons. The van der Waals surface area contributed by atoms with Gasteiger partial charge in [-0.2, -0.15) is 0 Å². The molecule has 0 aliphatic heterocycles. The predicted octanol–water partition coefficient (Wildman–Crippen LogP) is 4.64. The lowest BCUT2D eigenvalue weighted by atomic mass is 10.2. The Bertz CT molecular complexity index is 1010. The number of nitrogens with zero attached hydrogens (tertiary/aromatic N) is 1. The van der Waals surface area contributed by atoms with E-state index < -0.39 is 6.09 Å². The van der Waals surface area contributed by atoms with Gasteiger partial charge in [0.2, 0.25) is 0 Å². The second-order valence-electron chi connectivity index (χ2n) is 5.87. The number of nitrogens with one attached hydrogen (secondary N) is 2. The summed E-state index contributed by atoms with van der Waals surface area (Å²) in [6, 6.07) is 17.0. The Kier molecular flexibility index (Phi) is 6.65. The number of amides is 2. The number of benzene rings is 2. The van der Waals surface area contributed by atoms with Crippen LogP contribution >= 0.6 is 11.6 Å². The first kappa shape index (κ1) is 20.2. The number of pyridine rings is 1. The van der Waals surface area contributed by atoms with E-state index in [2.05, 4.69) is 15.6 Å². The third-order valence-corrected chi connectivity index (χ3v) is 4.21. The minimum Gasteiger partial charge on any atom is -0.457 e. The Morgan fingerprint density at radius 3 is 2.52 bits per heavy atom. The molecule has 8 heteroatoms. The highest BCUT2D eigenvalue weighted by atomic mass is 35.5. The van der Waals surface area contributed by atoms with E-state index in [1.54, 1.807) is 48.5 Å². The van der Waals surface area contributed by atoms with Crippen LogP contribution < -0.4 is 15.4 Å².